The predicted octanol–water partition coefficient (Wildman–Crippen LogP) is 4.09. The normalized spacial score (nSPS) is 13.3. The highest BCUT2D eigenvalue weighted by molar-refractivity contribution is 6.24. The van der Waals surface area contributed by atoms with Gasteiger partial charge in [0.25, 0.3) is 17.7 Å². The summed E-state index contributed by atoms with van der Waals surface area (Å²) in [6.45, 7) is 0.317. The van der Waals surface area contributed by atoms with Crippen LogP contribution in [0.3, 0.4) is 0 Å². The summed E-state index contributed by atoms with van der Waals surface area (Å²) in [5.74, 6) is -1.45. The zero-order valence-electron chi connectivity index (χ0n) is 19.9. The summed E-state index contributed by atoms with van der Waals surface area (Å²) < 4.78 is 13.4. The minimum atomic E-state index is -0.619. The van der Waals surface area contributed by atoms with Crippen molar-refractivity contribution < 1.29 is 24.0 Å². The van der Waals surface area contributed by atoms with E-state index in [-0.39, 0.29) is 23.7 Å². The minimum absolute atomic E-state index is 0.183. The molecule has 1 aliphatic carbocycles. The van der Waals surface area contributed by atoms with Crippen LogP contribution in [-0.4, -0.2) is 29.0 Å². The zero-order chi connectivity index (χ0) is 26.2. The molecule has 3 aromatic rings. The summed E-state index contributed by atoms with van der Waals surface area (Å²) in [7, 11) is 0. The number of amides is 3. The second kappa shape index (κ2) is 11.9. The topological polar surface area (TPSA) is 108 Å². The quantitative estimate of drug-likeness (QED) is 0.154. The number of hydrogen-bond donors (Lipinski definition) is 4. The van der Waals surface area contributed by atoms with Gasteiger partial charge in [0.05, 0.1) is 0 Å². The van der Waals surface area contributed by atoms with E-state index in [4.69, 9.17) is 5.21 Å². The fourth-order valence-electron chi connectivity index (χ4n) is 3.54. The van der Waals surface area contributed by atoms with Gasteiger partial charge in [0.15, 0.2) is 0 Å². The first-order valence-corrected chi connectivity index (χ1v) is 11.8. The van der Waals surface area contributed by atoms with E-state index in [0.717, 1.165) is 29.5 Å². The molecule has 0 atom stereocenters. The van der Waals surface area contributed by atoms with Crippen LogP contribution < -0.4 is 16.1 Å². The number of carbonyl (C=O) groups is 3. The Labute approximate surface area is 213 Å². The standard InChI is InChI=1S/C29H26FN3O4/c30-24-12-10-22(11-13-24)26(29(36)32-25-14-15-25)17-20-5-8-23(9-6-20)28(35)31-18-21-3-1-19(2-4-21)7-16-27(34)33-37/h1-13,16-17,25,37H,14-15,18H2,(H,31,35)(H,32,36)(H,33,34)/b16-7+,26-17?. The Balaban J connectivity index is 1.40. The molecule has 0 saturated heterocycles. The van der Waals surface area contributed by atoms with Crippen molar-refractivity contribution in [3.63, 3.8) is 0 Å². The largest absolute Gasteiger partial charge is 0.349 e. The molecular formula is C29H26FN3O4. The van der Waals surface area contributed by atoms with Gasteiger partial charge in [-0.3, -0.25) is 19.6 Å². The van der Waals surface area contributed by atoms with Crippen LogP contribution in [0.15, 0.2) is 78.9 Å². The molecule has 0 aliphatic heterocycles. The minimum Gasteiger partial charge on any atom is -0.349 e. The molecule has 7 nitrogen and oxygen atoms in total. The molecule has 0 spiro atoms. The molecule has 0 unspecified atom stereocenters. The van der Waals surface area contributed by atoms with Crippen molar-refractivity contribution >= 4 is 35.4 Å². The van der Waals surface area contributed by atoms with Crippen LogP contribution >= 0.6 is 0 Å². The first kappa shape index (κ1) is 25.5. The lowest BCUT2D eigenvalue weighted by atomic mass is 10.0. The predicted molar refractivity (Wildman–Crippen MR) is 138 cm³/mol. The summed E-state index contributed by atoms with van der Waals surface area (Å²) in [5.41, 5.74) is 5.42. The Hall–Kier alpha value is -4.56. The van der Waals surface area contributed by atoms with E-state index in [1.165, 1.54) is 23.7 Å². The third-order valence-corrected chi connectivity index (χ3v) is 5.77. The van der Waals surface area contributed by atoms with Gasteiger partial charge >= 0.3 is 0 Å². The summed E-state index contributed by atoms with van der Waals surface area (Å²) in [6.07, 6.45) is 6.40. The maximum Gasteiger partial charge on any atom is 0.267 e. The van der Waals surface area contributed by atoms with E-state index in [9.17, 15) is 18.8 Å². The van der Waals surface area contributed by atoms with Gasteiger partial charge in [-0.2, -0.15) is 0 Å². The summed E-state index contributed by atoms with van der Waals surface area (Å²) in [6, 6.07) is 20.1. The van der Waals surface area contributed by atoms with Crippen LogP contribution in [0, 0.1) is 5.82 Å². The van der Waals surface area contributed by atoms with Gasteiger partial charge in [0, 0.05) is 29.8 Å². The molecule has 3 aromatic carbocycles. The highest BCUT2D eigenvalue weighted by atomic mass is 19.1. The molecule has 0 heterocycles. The van der Waals surface area contributed by atoms with Gasteiger partial charge in [-0.15, -0.1) is 0 Å². The molecule has 1 saturated carbocycles. The first-order valence-electron chi connectivity index (χ1n) is 11.8. The third kappa shape index (κ3) is 7.46. The van der Waals surface area contributed by atoms with Crippen molar-refractivity contribution in [1.82, 2.24) is 16.1 Å². The molecule has 1 aliphatic rings. The average molecular weight is 500 g/mol. The second-order valence-corrected chi connectivity index (χ2v) is 8.67. The van der Waals surface area contributed by atoms with Crippen LogP contribution in [0.4, 0.5) is 4.39 Å². The Morgan fingerprint density at radius 3 is 2.11 bits per heavy atom. The van der Waals surface area contributed by atoms with Gasteiger partial charge in [-0.05, 0) is 71.5 Å². The number of benzene rings is 3. The number of nitrogens with one attached hydrogen (secondary N) is 3. The lowest BCUT2D eigenvalue weighted by molar-refractivity contribution is -0.124. The molecule has 4 rings (SSSR count). The van der Waals surface area contributed by atoms with E-state index in [0.29, 0.717) is 23.2 Å². The lowest BCUT2D eigenvalue weighted by Crippen LogP contribution is -2.26. The molecule has 0 aromatic heterocycles. The number of hydroxylamine groups is 1. The highest BCUT2D eigenvalue weighted by Crippen LogP contribution is 2.24. The number of rotatable bonds is 9. The second-order valence-electron chi connectivity index (χ2n) is 8.67. The van der Waals surface area contributed by atoms with Crippen LogP contribution in [0.1, 0.15) is 45.5 Å². The first-order chi connectivity index (χ1) is 17.9. The number of carbonyl (C=O) groups excluding carboxylic acids is 3. The Morgan fingerprint density at radius 1 is 0.865 bits per heavy atom. The SMILES string of the molecule is O=C(/C=C/c1ccc(CNC(=O)c2ccc(C=C(C(=O)NC3CC3)c3ccc(F)cc3)cc2)cc1)NO. The third-order valence-electron chi connectivity index (χ3n) is 5.77. The van der Waals surface area contributed by atoms with E-state index >= 15 is 0 Å². The van der Waals surface area contributed by atoms with Crippen molar-refractivity contribution in [2.75, 3.05) is 0 Å². The van der Waals surface area contributed by atoms with Crippen LogP contribution in [0.5, 0.6) is 0 Å². The molecule has 3 amide bonds. The van der Waals surface area contributed by atoms with E-state index in [1.54, 1.807) is 60.7 Å². The molecular weight excluding hydrogens is 473 g/mol. The zero-order valence-corrected chi connectivity index (χ0v) is 19.9. The summed E-state index contributed by atoms with van der Waals surface area (Å²) >= 11 is 0. The lowest BCUT2D eigenvalue weighted by Gasteiger charge is -2.10. The Bertz CT molecular complexity index is 1330. The number of halogens is 1. The van der Waals surface area contributed by atoms with Gasteiger partial charge in [-0.25, -0.2) is 9.87 Å². The molecule has 4 N–H and O–H groups in total. The average Bonchev–Trinajstić information content (AvgIpc) is 3.74. The summed E-state index contributed by atoms with van der Waals surface area (Å²) in [5, 5.41) is 14.3. The molecule has 37 heavy (non-hydrogen) atoms. The van der Waals surface area contributed by atoms with Crippen LogP contribution in [-0.2, 0) is 16.1 Å². The molecule has 0 radical (unpaired) electrons. The Morgan fingerprint density at radius 2 is 1.49 bits per heavy atom. The van der Waals surface area contributed by atoms with Crippen molar-refractivity contribution in [2.24, 2.45) is 0 Å². The summed E-state index contributed by atoms with van der Waals surface area (Å²) in [4.78, 5) is 36.5. The Kier molecular flexibility index (Phi) is 8.22. The van der Waals surface area contributed by atoms with Crippen molar-refractivity contribution in [1.29, 1.82) is 0 Å². The highest BCUT2D eigenvalue weighted by Gasteiger charge is 2.25. The monoisotopic (exact) mass is 499 g/mol. The van der Waals surface area contributed by atoms with Crippen molar-refractivity contribution in [3.8, 4) is 0 Å². The van der Waals surface area contributed by atoms with Crippen LogP contribution in [0.2, 0.25) is 0 Å². The fourth-order valence-corrected chi connectivity index (χ4v) is 3.54. The van der Waals surface area contributed by atoms with Crippen molar-refractivity contribution in [2.45, 2.75) is 25.4 Å². The molecule has 0 bridgehead atoms. The maximum atomic E-state index is 13.4. The molecule has 188 valence electrons. The van der Waals surface area contributed by atoms with E-state index in [2.05, 4.69) is 10.6 Å². The van der Waals surface area contributed by atoms with Gasteiger partial charge in [-0.1, -0.05) is 48.5 Å². The number of hydrogen-bond acceptors (Lipinski definition) is 4. The van der Waals surface area contributed by atoms with Gasteiger partial charge in [0.2, 0.25) is 0 Å². The van der Waals surface area contributed by atoms with Crippen LogP contribution in [0.25, 0.3) is 17.7 Å². The van der Waals surface area contributed by atoms with E-state index < -0.39 is 5.91 Å². The maximum absolute atomic E-state index is 13.4. The fraction of sp³-hybridized carbons (Fsp3) is 0.138. The van der Waals surface area contributed by atoms with Crippen molar-refractivity contribution in [3.05, 3.63) is 113 Å². The molecule has 8 heteroatoms. The van der Waals surface area contributed by atoms with Gasteiger partial charge in [0.1, 0.15) is 5.82 Å². The molecule has 1 fully saturated rings. The smallest absolute Gasteiger partial charge is 0.267 e. The van der Waals surface area contributed by atoms with Gasteiger partial charge < -0.3 is 10.6 Å². The van der Waals surface area contributed by atoms with E-state index in [1.807, 2.05) is 12.1 Å².